The highest BCUT2D eigenvalue weighted by atomic mass is 16.3. The Balaban J connectivity index is 2.58. The third kappa shape index (κ3) is 1.73. The third-order valence-corrected chi connectivity index (χ3v) is 2.41. The summed E-state index contributed by atoms with van der Waals surface area (Å²) in [7, 11) is 0. The number of benzene rings is 1. The highest BCUT2D eigenvalue weighted by molar-refractivity contribution is 5.43. The van der Waals surface area contributed by atoms with Gasteiger partial charge in [-0.1, -0.05) is 25.1 Å². The van der Waals surface area contributed by atoms with E-state index in [0.29, 0.717) is 0 Å². The summed E-state index contributed by atoms with van der Waals surface area (Å²) in [5.74, 6) is 0.188. The van der Waals surface area contributed by atoms with Gasteiger partial charge in [-0.3, -0.25) is 0 Å². The van der Waals surface area contributed by atoms with Crippen molar-refractivity contribution >= 4 is 0 Å². The van der Waals surface area contributed by atoms with Crippen LogP contribution in [0.3, 0.4) is 0 Å². The molecule has 0 aliphatic heterocycles. The average molecular weight is 202 g/mol. The Kier molecular flexibility index (Phi) is 2.46. The first-order valence-corrected chi connectivity index (χ1v) is 5.06. The van der Waals surface area contributed by atoms with Gasteiger partial charge in [0.1, 0.15) is 0 Å². The van der Waals surface area contributed by atoms with E-state index in [1.807, 2.05) is 31.2 Å². The molecule has 0 fully saturated rings. The van der Waals surface area contributed by atoms with Gasteiger partial charge < -0.3 is 5.11 Å². The zero-order valence-corrected chi connectivity index (χ0v) is 8.94. The van der Waals surface area contributed by atoms with E-state index in [4.69, 9.17) is 0 Å². The van der Waals surface area contributed by atoms with E-state index >= 15 is 0 Å². The van der Waals surface area contributed by atoms with E-state index in [-0.39, 0.29) is 5.88 Å². The molecular formula is C12H14N2O. The maximum absolute atomic E-state index is 9.71. The molecule has 15 heavy (non-hydrogen) atoms. The lowest BCUT2D eigenvalue weighted by Crippen LogP contribution is -2.00. The van der Waals surface area contributed by atoms with Gasteiger partial charge in [-0.25, -0.2) is 4.68 Å². The maximum Gasteiger partial charge on any atom is 0.214 e. The van der Waals surface area contributed by atoms with E-state index in [1.165, 1.54) is 5.56 Å². The molecule has 0 radical (unpaired) electrons. The standard InChI is InChI=1S/C12H14N2O/c1-3-10-6-4-5-7-11(10)14-12(15)8-9(2)13-14/h4-8,15H,3H2,1-2H3. The first-order valence-electron chi connectivity index (χ1n) is 5.06. The van der Waals surface area contributed by atoms with Crippen LogP contribution in [0.4, 0.5) is 0 Å². The molecule has 0 atom stereocenters. The van der Waals surface area contributed by atoms with Crippen LogP contribution in [0.1, 0.15) is 18.2 Å². The Morgan fingerprint density at radius 3 is 2.67 bits per heavy atom. The van der Waals surface area contributed by atoms with Crippen LogP contribution in [-0.2, 0) is 6.42 Å². The van der Waals surface area contributed by atoms with Gasteiger partial charge in [0.15, 0.2) is 0 Å². The summed E-state index contributed by atoms with van der Waals surface area (Å²) >= 11 is 0. The quantitative estimate of drug-likeness (QED) is 0.812. The summed E-state index contributed by atoms with van der Waals surface area (Å²) in [4.78, 5) is 0. The van der Waals surface area contributed by atoms with Crippen LogP contribution in [0.5, 0.6) is 5.88 Å². The van der Waals surface area contributed by atoms with Crippen LogP contribution in [0, 0.1) is 6.92 Å². The number of aromatic nitrogens is 2. The lowest BCUT2D eigenvalue weighted by Gasteiger charge is -2.07. The van der Waals surface area contributed by atoms with Crippen LogP contribution in [0.15, 0.2) is 30.3 Å². The second-order valence-corrected chi connectivity index (χ2v) is 3.54. The van der Waals surface area contributed by atoms with Crippen LogP contribution in [0.2, 0.25) is 0 Å². The molecule has 0 bridgehead atoms. The first kappa shape index (κ1) is 9.77. The SMILES string of the molecule is CCc1ccccc1-n1nc(C)cc1O. The monoisotopic (exact) mass is 202 g/mol. The largest absolute Gasteiger partial charge is 0.493 e. The molecule has 0 saturated carbocycles. The van der Waals surface area contributed by atoms with E-state index in [2.05, 4.69) is 12.0 Å². The number of para-hydroxylation sites is 1. The fourth-order valence-corrected chi connectivity index (χ4v) is 1.68. The van der Waals surface area contributed by atoms with Crippen molar-refractivity contribution in [2.24, 2.45) is 0 Å². The summed E-state index contributed by atoms with van der Waals surface area (Å²) in [6.45, 7) is 3.96. The summed E-state index contributed by atoms with van der Waals surface area (Å²) in [5, 5.41) is 14.0. The number of rotatable bonds is 2. The Morgan fingerprint density at radius 1 is 1.33 bits per heavy atom. The molecule has 3 nitrogen and oxygen atoms in total. The summed E-state index contributed by atoms with van der Waals surface area (Å²) in [6, 6.07) is 9.61. The molecule has 2 rings (SSSR count). The Bertz CT molecular complexity index is 474. The molecule has 78 valence electrons. The molecule has 0 aliphatic rings. The summed E-state index contributed by atoms with van der Waals surface area (Å²) in [5.41, 5.74) is 2.94. The summed E-state index contributed by atoms with van der Waals surface area (Å²) < 4.78 is 1.58. The van der Waals surface area contributed by atoms with Crippen molar-refractivity contribution < 1.29 is 5.11 Å². The van der Waals surface area contributed by atoms with E-state index in [9.17, 15) is 5.11 Å². The molecule has 0 amide bonds. The van der Waals surface area contributed by atoms with Crippen LogP contribution in [-0.4, -0.2) is 14.9 Å². The number of aryl methyl sites for hydroxylation is 2. The highest BCUT2D eigenvalue weighted by Crippen LogP contribution is 2.21. The first-order chi connectivity index (χ1) is 7.22. The van der Waals surface area contributed by atoms with E-state index < -0.39 is 0 Å². The topological polar surface area (TPSA) is 38.0 Å². The molecule has 2 aromatic rings. The van der Waals surface area contributed by atoms with Gasteiger partial charge >= 0.3 is 0 Å². The second-order valence-electron chi connectivity index (χ2n) is 3.54. The van der Waals surface area contributed by atoms with Gasteiger partial charge in [0, 0.05) is 6.07 Å². The minimum Gasteiger partial charge on any atom is -0.493 e. The maximum atomic E-state index is 9.71. The van der Waals surface area contributed by atoms with Crippen LogP contribution < -0.4 is 0 Å². The lowest BCUT2D eigenvalue weighted by atomic mass is 10.1. The minimum atomic E-state index is 0.188. The fraction of sp³-hybridized carbons (Fsp3) is 0.250. The fourth-order valence-electron chi connectivity index (χ4n) is 1.68. The van der Waals surface area contributed by atoms with Gasteiger partial charge in [0.2, 0.25) is 5.88 Å². The number of nitrogens with zero attached hydrogens (tertiary/aromatic N) is 2. The third-order valence-electron chi connectivity index (χ3n) is 2.41. The van der Waals surface area contributed by atoms with Crippen molar-refractivity contribution in [2.75, 3.05) is 0 Å². The number of hydrogen-bond donors (Lipinski definition) is 1. The minimum absolute atomic E-state index is 0.188. The molecule has 1 heterocycles. The molecule has 0 saturated heterocycles. The zero-order valence-electron chi connectivity index (χ0n) is 8.94. The molecule has 0 unspecified atom stereocenters. The van der Waals surface area contributed by atoms with Crippen molar-refractivity contribution in [3.8, 4) is 11.6 Å². The van der Waals surface area contributed by atoms with Gasteiger partial charge in [0.25, 0.3) is 0 Å². The van der Waals surface area contributed by atoms with Crippen LogP contribution in [0.25, 0.3) is 5.69 Å². The molecule has 0 spiro atoms. The number of hydrogen-bond acceptors (Lipinski definition) is 2. The molecule has 0 aliphatic carbocycles. The summed E-state index contributed by atoms with van der Waals surface area (Å²) in [6.07, 6.45) is 0.925. The van der Waals surface area contributed by atoms with Gasteiger partial charge in [-0.2, -0.15) is 5.10 Å². The highest BCUT2D eigenvalue weighted by Gasteiger charge is 2.08. The molecule has 1 aromatic carbocycles. The Hall–Kier alpha value is -1.77. The van der Waals surface area contributed by atoms with Gasteiger partial charge in [-0.05, 0) is 25.0 Å². The van der Waals surface area contributed by atoms with E-state index in [0.717, 1.165) is 17.8 Å². The Morgan fingerprint density at radius 2 is 2.07 bits per heavy atom. The van der Waals surface area contributed by atoms with Crippen molar-refractivity contribution in [2.45, 2.75) is 20.3 Å². The van der Waals surface area contributed by atoms with Crippen molar-refractivity contribution in [3.05, 3.63) is 41.6 Å². The smallest absolute Gasteiger partial charge is 0.214 e. The normalized spacial score (nSPS) is 10.5. The van der Waals surface area contributed by atoms with Crippen LogP contribution >= 0.6 is 0 Å². The van der Waals surface area contributed by atoms with Gasteiger partial charge in [0.05, 0.1) is 11.4 Å². The number of aromatic hydroxyl groups is 1. The Labute approximate surface area is 89.0 Å². The second kappa shape index (κ2) is 3.77. The van der Waals surface area contributed by atoms with Gasteiger partial charge in [-0.15, -0.1) is 0 Å². The van der Waals surface area contributed by atoms with Crippen molar-refractivity contribution in [1.29, 1.82) is 0 Å². The van der Waals surface area contributed by atoms with E-state index in [1.54, 1.807) is 10.7 Å². The average Bonchev–Trinajstić information content (AvgIpc) is 2.57. The molecular weight excluding hydrogens is 188 g/mol. The molecule has 1 N–H and O–H groups in total. The lowest BCUT2D eigenvalue weighted by molar-refractivity contribution is 0.433. The predicted octanol–water partition coefficient (Wildman–Crippen LogP) is 2.45. The van der Waals surface area contributed by atoms with Crippen molar-refractivity contribution in [3.63, 3.8) is 0 Å². The molecule has 1 aromatic heterocycles. The zero-order chi connectivity index (χ0) is 10.8. The van der Waals surface area contributed by atoms with Crippen molar-refractivity contribution in [1.82, 2.24) is 9.78 Å². The molecule has 3 heteroatoms. The predicted molar refractivity (Wildman–Crippen MR) is 59.3 cm³/mol.